The van der Waals surface area contributed by atoms with Gasteiger partial charge in [0.1, 0.15) is 5.82 Å². The molecule has 1 unspecified atom stereocenters. The number of hydrogen-bond acceptors (Lipinski definition) is 0. The van der Waals surface area contributed by atoms with E-state index in [0.717, 1.165) is 19.3 Å². The Kier molecular flexibility index (Phi) is 3.88. The van der Waals surface area contributed by atoms with Gasteiger partial charge < -0.3 is 0 Å². The molecule has 1 aromatic carbocycles. The van der Waals surface area contributed by atoms with E-state index < -0.39 is 0 Å². The molecule has 1 atom stereocenters. The maximum Gasteiger partial charge on any atom is 0.128 e. The fraction of sp³-hybridized carbons (Fsp3) is 0.385. The lowest BCUT2D eigenvalue weighted by atomic mass is 9.94. The van der Waals surface area contributed by atoms with Crippen LogP contribution in [0.15, 0.2) is 29.8 Å². The third-order valence-corrected chi connectivity index (χ3v) is 3.56. The summed E-state index contributed by atoms with van der Waals surface area (Å²) in [5, 5.41) is 0.590. The van der Waals surface area contributed by atoms with Crippen LogP contribution in [0.3, 0.4) is 0 Å². The Hall–Kier alpha value is -0.530. The highest BCUT2D eigenvalue weighted by molar-refractivity contribution is 6.31. The maximum atomic E-state index is 13.6. The topological polar surface area (TPSA) is 0 Å². The van der Waals surface area contributed by atoms with Crippen molar-refractivity contribution in [3.63, 3.8) is 0 Å². The largest absolute Gasteiger partial charge is 0.207 e. The van der Waals surface area contributed by atoms with Gasteiger partial charge >= 0.3 is 0 Å². The number of hydrogen-bond donors (Lipinski definition) is 0. The van der Waals surface area contributed by atoms with E-state index in [1.165, 1.54) is 11.6 Å². The van der Waals surface area contributed by atoms with Crippen LogP contribution in [0.1, 0.15) is 24.8 Å². The van der Waals surface area contributed by atoms with Gasteiger partial charge in [-0.1, -0.05) is 29.3 Å². The summed E-state index contributed by atoms with van der Waals surface area (Å²) >= 11 is 12.0. The molecule has 0 fully saturated rings. The Morgan fingerprint density at radius 2 is 2.19 bits per heavy atom. The zero-order chi connectivity index (χ0) is 11.5. The molecule has 1 aliphatic rings. The fourth-order valence-corrected chi connectivity index (χ4v) is 2.58. The van der Waals surface area contributed by atoms with E-state index in [1.807, 2.05) is 6.08 Å². The van der Waals surface area contributed by atoms with Gasteiger partial charge in [0.25, 0.3) is 0 Å². The molecule has 0 radical (unpaired) electrons. The molecule has 0 bridgehead atoms. The number of allylic oxidation sites excluding steroid dienone is 2. The molecule has 0 spiro atoms. The Balaban J connectivity index is 2.20. The molecular weight excluding hydrogens is 246 g/mol. The SMILES string of the molecule is Fc1cccc(Cl)c1CC1=CC(Cl)CCC1. The molecule has 2 rings (SSSR count). The lowest BCUT2D eigenvalue weighted by molar-refractivity contribution is 0.608. The second-order valence-electron chi connectivity index (χ2n) is 4.11. The van der Waals surface area contributed by atoms with E-state index in [4.69, 9.17) is 23.2 Å². The van der Waals surface area contributed by atoms with Crippen LogP contribution in [0, 0.1) is 5.82 Å². The highest BCUT2D eigenvalue weighted by Crippen LogP contribution is 2.28. The summed E-state index contributed by atoms with van der Waals surface area (Å²) in [7, 11) is 0. The van der Waals surface area contributed by atoms with E-state index in [-0.39, 0.29) is 11.2 Å². The maximum absolute atomic E-state index is 13.6. The minimum Gasteiger partial charge on any atom is -0.207 e. The third kappa shape index (κ3) is 2.78. The standard InChI is InChI=1S/C13H13Cl2F/c14-10-4-1-3-9(7-10)8-11-12(15)5-2-6-13(11)16/h2,5-7,10H,1,3-4,8H2. The smallest absolute Gasteiger partial charge is 0.128 e. The summed E-state index contributed by atoms with van der Waals surface area (Å²) < 4.78 is 13.6. The Labute approximate surface area is 105 Å². The number of alkyl halides is 1. The lowest BCUT2D eigenvalue weighted by Crippen LogP contribution is -2.06. The van der Waals surface area contributed by atoms with Crippen molar-refractivity contribution in [2.75, 3.05) is 0 Å². The minimum atomic E-state index is -0.231. The van der Waals surface area contributed by atoms with Crippen LogP contribution in [0.5, 0.6) is 0 Å². The predicted molar refractivity (Wildman–Crippen MR) is 66.7 cm³/mol. The second kappa shape index (κ2) is 5.20. The highest BCUT2D eigenvalue weighted by Gasteiger charge is 2.14. The van der Waals surface area contributed by atoms with Gasteiger partial charge in [-0.2, -0.15) is 0 Å². The molecule has 16 heavy (non-hydrogen) atoms. The predicted octanol–water partition coefficient (Wildman–Crippen LogP) is 4.74. The monoisotopic (exact) mass is 258 g/mol. The first-order valence-electron chi connectivity index (χ1n) is 5.43. The normalized spacial score (nSPS) is 20.7. The molecule has 1 aliphatic carbocycles. The van der Waals surface area contributed by atoms with Crippen LogP contribution in [0.25, 0.3) is 0 Å². The lowest BCUT2D eigenvalue weighted by Gasteiger charge is -2.17. The summed E-state index contributed by atoms with van der Waals surface area (Å²) in [5.74, 6) is -0.231. The van der Waals surface area contributed by atoms with Crippen LogP contribution in [-0.4, -0.2) is 5.38 Å². The average Bonchev–Trinajstić information content (AvgIpc) is 2.24. The van der Waals surface area contributed by atoms with E-state index in [2.05, 4.69) is 0 Å². The molecule has 0 heterocycles. The van der Waals surface area contributed by atoms with E-state index in [0.29, 0.717) is 17.0 Å². The molecule has 3 heteroatoms. The van der Waals surface area contributed by atoms with Gasteiger partial charge in [0.15, 0.2) is 0 Å². The first-order chi connectivity index (χ1) is 7.66. The molecule has 0 aromatic heterocycles. The van der Waals surface area contributed by atoms with Crippen molar-refractivity contribution in [2.45, 2.75) is 31.1 Å². The zero-order valence-electron chi connectivity index (χ0n) is 8.85. The van der Waals surface area contributed by atoms with Crippen molar-refractivity contribution < 1.29 is 4.39 Å². The average molecular weight is 259 g/mol. The Bertz CT molecular complexity index is 392. The first kappa shape index (κ1) is 11.9. The van der Waals surface area contributed by atoms with Crippen molar-refractivity contribution in [3.05, 3.63) is 46.3 Å². The first-order valence-corrected chi connectivity index (χ1v) is 6.25. The van der Waals surface area contributed by atoms with Gasteiger partial charge in [-0.3, -0.25) is 0 Å². The quantitative estimate of drug-likeness (QED) is 0.531. The molecule has 86 valence electrons. The second-order valence-corrected chi connectivity index (χ2v) is 5.08. The van der Waals surface area contributed by atoms with Crippen LogP contribution in [-0.2, 0) is 6.42 Å². The van der Waals surface area contributed by atoms with Crippen LogP contribution < -0.4 is 0 Å². The van der Waals surface area contributed by atoms with Crippen molar-refractivity contribution in [1.82, 2.24) is 0 Å². The molecule has 0 aliphatic heterocycles. The van der Waals surface area contributed by atoms with Gasteiger partial charge in [0, 0.05) is 10.6 Å². The van der Waals surface area contributed by atoms with Gasteiger partial charge in [-0.25, -0.2) is 4.39 Å². The van der Waals surface area contributed by atoms with Gasteiger partial charge in [-0.05, 0) is 37.8 Å². The minimum absolute atomic E-state index is 0.0919. The summed E-state index contributed by atoms with van der Waals surface area (Å²) in [5.41, 5.74) is 1.78. The Morgan fingerprint density at radius 1 is 1.38 bits per heavy atom. The van der Waals surface area contributed by atoms with E-state index in [1.54, 1.807) is 12.1 Å². The highest BCUT2D eigenvalue weighted by atomic mass is 35.5. The Morgan fingerprint density at radius 3 is 2.88 bits per heavy atom. The summed E-state index contributed by atoms with van der Waals surface area (Å²) in [6.45, 7) is 0. The molecule has 0 saturated carbocycles. The summed E-state index contributed by atoms with van der Waals surface area (Å²) in [6.07, 6.45) is 5.69. The van der Waals surface area contributed by atoms with Crippen LogP contribution >= 0.6 is 23.2 Å². The summed E-state index contributed by atoms with van der Waals surface area (Å²) in [4.78, 5) is 0. The third-order valence-electron chi connectivity index (χ3n) is 2.86. The molecule has 0 nitrogen and oxygen atoms in total. The van der Waals surface area contributed by atoms with E-state index in [9.17, 15) is 4.39 Å². The van der Waals surface area contributed by atoms with Gasteiger partial charge in [0.2, 0.25) is 0 Å². The van der Waals surface area contributed by atoms with Crippen molar-refractivity contribution in [3.8, 4) is 0 Å². The number of benzene rings is 1. The van der Waals surface area contributed by atoms with E-state index >= 15 is 0 Å². The molecular formula is C13H13Cl2F. The van der Waals surface area contributed by atoms with Crippen molar-refractivity contribution in [1.29, 1.82) is 0 Å². The fourth-order valence-electron chi connectivity index (χ4n) is 2.02. The molecule has 0 saturated heterocycles. The molecule has 0 N–H and O–H groups in total. The van der Waals surface area contributed by atoms with Crippen molar-refractivity contribution in [2.24, 2.45) is 0 Å². The van der Waals surface area contributed by atoms with Gasteiger partial charge in [-0.15, -0.1) is 11.6 Å². The van der Waals surface area contributed by atoms with Crippen LogP contribution in [0.2, 0.25) is 5.02 Å². The molecule has 0 amide bonds. The zero-order valence-corrected chi connectivity index (χ0v) is 10.4. The molecule has 1 aromatic rings. The van der Waals surface area contributed by atoms with Gasteiger partial charge in [0.05, 0.1) is 5.38 Å². The number of rotatable bonds is 2. The van der Waals surface area contributed by atoms with Crippen LogP contribution in [0.4, 0.5) is 4.39 Å². The summed E-state index contributed by atoms with van der Waals surface area (Å²) in [6, 6.07) is 4.80. The number of halogens is 3. The van der Waals surface area contributed by atoms with Crippen molar-refractivity contribution >= 4 is 23.2 Å².